The summed E-state index contributed by atoms with van der Waals surface area (Å²) in [7, 11) is 3.15. The Bertz CT molecular complexity index is 1970. The van der Waals surface area contributed by atoms with Crippen LogP contribution in [0.5, 0.6) is 0 Å². The average molecular weight is 630 g/mol. The van der Waals surface area contributed by atoms with E-state index in [1.807, 2.05) is 0 Å². The zero-order valence-corrected chi connectivity index (χ0v) is 23.8. The van der Waals surface area contributed by atoms with E-state index in [1.165, 1.54) is 42.4 Å². The molecule has 3 heterocycles. The first kappa shape index (κ1) is 32.3. The number of fused-ring (bicyclic) bond motifs is 3. The third-order valence-electron chi connectivity index (χ3n) is 6.37. The summed E-state index contributed by atoms with van der Waals surface area (Å²) >= 11 is 0. The van der Waals surface area contributed by atoms with Crippen LogP contribution in [-0.2, 0) is 22.6 Å². The zero-order valence-electron chi connectivity index (χ0n) is 23.8. The Kier molecular flexibility index (Phi) is 10.2. The Balaban J connectivity index is 0.000000155. The Labute approximate surface area is 251 Å². The van der Waals surface area contributed by atoms with Crippen LogP contribution in [0.15, 0.2) is 55.0 Å². The quantitative estimate of drug-likeness (QED) is 0.135. The summed E-state index contributed by atoms with van der Waals surface area (Å²) in [5.41, 5.74) is 6.96. The van der Waals surface area contributed by atoms with Gasteiger partial charge in [-0.25, -0.2) is 13.2 Å². The molecule has 236 valence electrons. The van der Waals surface area contributed by atoms with E-state index in [1.54, 1.807) is 18.0 Å². The van der Waals surface area contributed by atoms with Crippen LogP contribution in [0.4, 0.5) is 30.2 Å². The lowest BCUT2D eigenvalue weighted by Crippen LogP contribution is -2.05. The highest BCUT2D eigenvalue weighted by Gasteiger charge is 2.18. The normalized spacial score (nSPS) is 10.9. The zero-order chi connectivity index (χ0) is 32.7. The highest BCUT2D eigenvalue weighted by molar-refractivity contribution is 5.90. The number of nitrogens with two attached hydrogens (primary N) is 1. The number of benzene rings is 3. The second-order valence-electron chi connectivity index (χ2n) is 9.28. The number of non-ortho nitro benzene ring substituents is 2. The standard InChI is InChI=1S/C10H10FN3O3.C10H12FN3O.C7H4FN3O2/c1-17-3-2-13-9-4-7(11)5-10(14(15)16)8(9)6-12-13;1-15-3-2-14-10-5-7(11)4-9(12)8(10)6-13-14;8-4-1-6-5(3-9-10-6)7(2-4)11(12)13/h4-6H,2-3H2,1H3;4-6H,2-3,12H2,1H3;1-3H,(H,9,10). The molecule has 18 heteroatoms. The van der Waals surface area contributed by atoms with E-state index in [4.69, 9.17) is 15.2 Å². The first-order valence-corrected chi connectivity index (χ1v) is 13.0. The van der Waals surface area contributed by atoms with Gasteiger partial charge in [0, 0.05) is 37.4 Å². The molecule has 0 unspecified atom stereocenters. The van der Waals surface area contributed by atoms with Gasteiger partial charge < -0.3 is 15.2 Å². The lowest BCUT2D eigenvalue weighted by atomic mass is 10.2. The molecular weight excluding hydrogens is 603 g/mol. The number of halogens is 3. The van der Waals surface area contributed by atoms with Crippen molar-refractivity contribution in [2.24, 2.45) is 0 Å². The van der Waals surface area contributed by atoms with Crippen molar-refractivity contribution in [2.75, 3.05) is 33.2 Å². The Morgan fingerprint density at radius 1 is 0.756 bits per heavy atom. The number of hydrogen-bond donors (Lipinski definition) is 2. The van der Waals surface area contributed by atoms with E-state index < -0.39 is 21.5 Å². The highest BCUT2D eigenvalue weighted by Crippen LogP contribution is 2.27. The summed E-state index contributed by atoms with van der Waals surface area (Å²) < 4.78 is 52.2. The van der Waals surface area contributed by atoms with Gasteiger partial charge in [0.05, 0.1) is 94.2 Å². The fourth-order valence-corrected chi connectivity index (χ4v) is 4.31. The first-order chi connectivity index (χ1) is 21.5. The lowest BCUT2D eigenvalue weighted by molar-refractivity contribution is -0.383. The van der Waals surface area contributed by atoms with E-state index in [2.05, 4.69) is 20.4 Å². The molecule has 6 aromatic rings. The SMILES string of the molecule is COCCn1ncc2c(N)cc(F)cc21.COCCn1ncc2c([N+](=O)[O-])cc(F)cc21.O=[N+]([O-])c1cc(F)cc2[nH]ncc12. The van der Waals surface area contributed by atoms with Crippen molar-refractivity contribution < 1.29 is 32.5 Å². The van der Waals surface area contributed by atoms with Crippen LogP contribution in [-0.4, -0.2) is 67.0 Å². The van der Waals surface area contributed by atoms with Crippen molar-refractivity contribution in [2.45, 2.75) is 13.1 Å². The van der Waals surface area contributed by atoms with Crippen molar-refractivity contribution in [3.05, 3.63) is 92.7 Å². The molecular formula is C27H26F3N9O6. The molecule has 0 aliphatic carbocycles. The van der Waals surface area contributed by atoms with Gasteiger partial charge in [-0.3, -0.25) is 34.7 Å². The molecule has 0 atom stereocenters. The van der Waals surface area contributed by atoms with Gasteiger partial charge in [0.2, 0.25) is 0 Å². The number of nitrogens with zero attached hydrogens (tertiary/aromatic N) is 7. The molecule has 0 aliphatic heterocycles. The number of rotatable bonds is 8. The summed E-state index contributed by atoms with van der Waals surface area (Å²) in [6.45, 7) is 1.94. The molecule has 0 fully saturated rings. The number of H-pyrrole nitrogens is 1. The van der Waals surface area contributed by atoms with Crippen molar-refractivity contribution >= 4 is 49.8 Å². The van der Waals surface area contributed by atoms with E-state index in [-0.39, 0.29) is 17.2 Å². The number of hydrogen-bond acceptors (Lipinski definition) is 10. The number of nitro benzene ring substituents is 2. The van der Waals surface area contributed by atoms with Crippen LogP contribution in [0, 0.1) is 37.7 Å². The summed E-state index contributed by atoms with van der Waals surface area (Å²) in [6.07, 6.45) is 4.30. The highest BCUT2D eigenvalue weighted by atomic mass is 19.1. The number of nitro groups is 2. The van der Waals surface area contributed by atoms with Gasteiger partial charge in [-0.15, -0.1) is 0 Å². The Hall–Kier alpha value is -5.62. The molecule has 3 N–H and O–H groups in total. The minimum absolute atomic E-state index is 0.274. The molecule has 3 aromatic carbocycles. The maximum atomic E-state index is 13.3. The van der Waals surface area contributed by atoms with Crippen molar-refractivity contribution in [3.63, 3.8) is 0 Å². The van der Waals surface area contributed by atoms with Gasteiger partial charge in [-0.1, -0.05) is 0 Å². The number of nitrogen functional groups attached to an aromatic ring is 1. The molecule has 15 nitrogen and oxygen atoms in total. The smallest absolute Gasteiger partial charge is 0.283 e. The van der Waals surface area contributed by atoms with Crippen LogP contribution in [0.1, 0.15) is 0 Å². The Morgan fingerprint density at radius 2 is 1.24 bits per heavy atom. The van der Waals surface area contributed by atoms with Crippen molar-refractivity contribution in [1.82, 2.24) is 29.8 Å². The fraction of sp³-hybridized carbons (Fsp3) is 0.222. The summed E-state index contributed by atoms with van der Waals surface area (Å²) in [5, 5.41) is 36.8. The molecule has 6 rings (SSSR count). The predicted octanol–water partition coefficient (Wildman–Crippen LogP) is 4.74. The molecule has 0 amide bonds. The van der Waals surface area contributed by atoms with Crippen LogP contribution in [0.3, 0.4) is 0 Å². The van der Waals surface area contributed by atoms with E-state index in [9.17, 15) is 33.4 Å². The van der Waals surface area contributed by atoms with E-state index >= 15 is 0 Å². The third-order valence-corrected chi connectivity index (χ3v) is 6.37. The molecule has 45 heavy (non-hydrogen) atoms. The van der Waals surface area contributed by atoms with Gasteiger partial charge in [-0.2, -0.15) is 15.3 Å². The van der Waals surface area contributed by atoms with Gasteiger partial charge in [0.1, 0.15) is 17.5 Å². The number of nitrogens with one attached hydrogen (secondary N) is 1. The maximum absolute atomic E-state index is 13.3. The average Bonchev–Trinajstić information content (AvgIpc) is 3.73. The number of ether oxygens (including phenoxy) is 2. The number of aromatic nitrogens is 6. The van der Waals surface area contributed by atoms with Crippen LogP contribution in [0.2, 0.25) is 0 Å². The van der Waals surface area contributed by atoms with Crippen molar-refractivity contribution in [3.8, 4) is 0 Å². The predicted molar refractivity (Wildman–Crippen MR) is 157 cm³/mol. The molecule has 0 saturated heterocycles. The minimum Gasteiger partial charge on any atom is -0.398 e. The van der Waals surface area contributed by atoms with Crippen LogP contribution < -0.4 is 5.73 Å². The summed E-state index contributed by atoms with van der Waals surface area (Å²) in [4.78, 5) is 20.0. The van der Waals surface area contributed by atoms with Crippen LogP contribution in [0.25, 0.3) is 32.7 Å². The number of anilines is 1. The molecule has 0 aliphatic rings. The second-order valence-corrected chi connectivity index (χ2v) is 9.28. The summed E-state index contributed by atoms with van der Waals surface area (Å²) in [5.74, 6) is -1.65. The molecule has 0 bridgehead atoms. The van der Waals surface area contributed by atoms with Gasteiger partial charge >= 0.3 is 0 Å². The minimum atomic E-state index is -0.650. The molecule has 0 spiro atoms. The van der Waals surface area contributed by atoms with E-state index in [0.29, 0.717) is 59.3 Å². The van der Waals surface area contributed by atoms with Gasteiger partial charge in [0.25, 0.3) is 11.4 Å². The van der Waals surface area contributed by atoms with Crippen LogP contribution >= 0.6 is 0 Å². The second kappa shape index (κ2) is 14.2. The lowest BCUT2D eigenvalue weighted by Gasteiger charge is -2.03. The first-order valence-electron chi connectivity index (χ1n) is 13.0. The van der Waals surface area contributed by atoms with Crippen molar-refractivity contribution in [1.29, 1.82) is 0 Å². The molecule has 0 saturated carbocycles. The number of methoxy groups -OCH3 is 2. The molecule has 0 radical (unpaired) electrons. The summed E-state index contributed by atoms with van der Waals surface area (Å²) in [6, 6.07) is 6.88. The topological polar surface area (TPSA) is 195 Å². The maximum Gasteiger partial charge on any atom is 0.283 e. The fourth-order valence-electron chi connectivity index (χ4n) is 4.31. The Morgan fingerprint density at radius 3 is 1.80 bits per heavy atom. The largest absolute Gasteiger partial charge is 0.398 e. The van der Waals surface area contributed by atoms with E-state index in [0.717, 1.165) is 23.6 Å². The van der Waals surface area contributed by atoms with Gasteiger partial charge in [0.15, 0.2) is 0 Å². The monoisotopic (exact) mass is 629 g/mol. The number of aromatic amines is 1. The molecule has 3 aromatic heterocycles. The third kappa shape index (κ3) is 7.48. The van der Waals surface area contributed by atoms with Gasteiger partial charge in [-0.05, 0) is 12.1 Å².